The van der Waals surface area contributed by atoms with Crippen molar-refractivity contribution >= 4 is 15.9 Å². The highest BCUT2D eigenvalue weighted by Crippen LogP contribution is 2.28. The van der Waals surface area contributed by atoms with Crippen LogP contribution in [-0.2, 0) is 6.42 Å². The van der Waals surface area contributed by atoms with Crippen molar-refractivity contribution in [3.63, 3.8) is 0 Å². The van der Waals surface area contributed by atoms with Gasteiger partial charge in [0.25, 0.3) is 0 Å². The highest BCUT2D eigenvalue weighted by molar-refractivity contribution is 9.10. The summed E-state index contributed by atoms with van der Waals surface area (Å²) >= 11 is 3.40. The SMILES string of the molecule is CC(C)n1ncc(Br)c1C(O)Cc1cccc(F)c1. The van der Waals surface area contributed by atoms with Crippen LogP contribution in [0, 0.1) is 5.82 Å². The summed E-state index contributed by atoms with van der Waals surface area (Å²) in [4.78, 5) is 0. The lowest BCUT2D eigenvalue weighted by atomic mass is 10.1. The molecule has 0 fully saturated rings. The zero-order valence-corrected chi connectivity index (χ0v) is 12.4. The molecule has 0 aliphatic rings. The fourth-order valence-electron chi connectivity index (χ4n) is 2.06. The number of benzene rings is 1. The monoisotopic (exact) mass is 326 g/mol. The summed E-state index contributed by atoms with van der Waals surface area (Å²) in [7, 11) is 0. The number of nitrogens with zero attached hydrogens (tertiary/aromatic N) is 2. The predicted octanol–water partition coefficient (Wildman–Crippen LogP) is 3.64. The van der Waals surface area contributed by atoms with Gasteiger partial charge in [-0.15, -0.1) is 0 Å². The maximum Gasteiger partial charge on any atom is 0.123 e. The molecule has 1 N–H and O–H groups in total. The Morgan fingerprint density at radius 3 is 2.79 bits per heavy atom. The van der Waals surface area contributed by atoms with Gasteiger partial charge in [-0.05, 0) is 47.5 Å². The lowest BCUT2D eigenvalue weighted by molar-refractivity contribution is 0.164. The highest BCUT2D eigenvalue weighted by atomic mass is 79.9. The summed E-state index contributed by atoms with van der Waals surface area (Å²) in [6.45, 7) is 4.00. The maximum atomic E-state index is 13.1. The van der Waals surface area contributed by atoms with Crippen LogP contribution in [0.2, 0.25) is 0 Å². The number of rotatable bonds is 4. The lowest BCUT2D eigenvalue weighted by Crippen LogP contribution is -2.13. The molecule has 0 spiro atoms. The molecule has 0 aliphatic heterocycles. The van der Waals surface area contributed by atoms with Gasteiger partial charge >= 0.3 is 0 Å². The molecule has 1 aromatic heterocycles. The predicted molar refractivity (Wildman–Crippen MR) is 75.4 cm³/mol. The van der Waals surface area contributed by atoms with Crippen LogP contribution >= 0.6 is 15.9 Å². The molecule has 1 heterocycles. The zero-order chi connectivity index (χ0) is 14.0. The van der Waals surface area contributed by atoms with Crippen LogP contribution in [0.4, 0.5) is 4.39 Å². The quantitative estimate of drug-likeness (QED) is 0.931. The Morgan fingerprint density at radius 1 is 1.42 bits per heavy atom. The van der Waals surface area contributed by atoms with E-state index in [2.05, 4.69) is 21.0 Å². The van der Waals surface area contributed by atoms with Crippen molar-refractivity contribution < 1.29 is 9.50 Å². The molecule has 1 atom stereocenters. The van der Waals surface area contributed by atoms with Crippen molar-refractivity contribution in [1.29, 1.82) is 0 Å². The molecule has 102 valence electrons. The van der Waals surface area contributed by atoms with Crippen LogP contribution in [0.5, 0.6) is 0 Å². The van der Waals surface area contributed by atoms with E-state index in [0.717, 1.165) is 15.7 Å². The standard InChI is InChI=1S/C14H16BrFN2O/c1-9(2)18-14(12(15)8-17-18)13(19)7-10-4-3-5-11(16)6-10/h3-6,8-9,13,19H,7H2,1-2H3. The first-order valence-corrected chi connectivity index (χ1v) is 6.93. The second-order valence-corrected chi connectivity index (χ2v) is 5.62. The summed E-state index contributed by atoms with van der Waals surface area (Å²) in [6, 6.07) is 6.43. The third kappa shape index (κ3) is 3.22. The molecule has 1 aromatic carbocycles. The number of aliphatic hydroxyl groups excluding tert-OH is 1. The average molecular weight is 327 g/mol. The zero-order valence-electron chi connectivity index (χ0n) is 10.8. The van der Waals surface area contributed by atoms with E-state index in [1.807, 2.05) is 13.8 Å². The number of hydrogen-bond acceptors (Lipinski definition) is 2. The van der Waals surface area contributed by atoms with Gasteiger partial charge in [0.2, 0.25) is 0 Å². The summed E-state index contributed by atoms with van der Waals surface area (Å²) in [6.07, 6.45) is 1.31. The maximum absolute atomic E-state index is 13.1. The molecule has 0 amide bonds. The fraction of sp³-hybridized carbons (Fsp3) is 0.357. The first-order valence-electron chi connectivity index (χ1n) is 6.14. The molecule has 2 aromatic rings. The molecule has 19 heavy (non-hydrogen) atoms. The van der Waals surface area contributed by atoms with Gasteiger partial charge in [0.1, 0.15) is 11.9 Å². The van der Waals surface area contributed by atoms with Gasteiger partial charge in [0, 0.05) is 12.5 Å². The van der Waals surface area contributed by atoms with Crippen LogP contribution < -0.4 is 0 Å². The van der Waals surface area contributed by atoms with Crippen molar-refractivity contribution in [3.05, 3.63) is 52.0 Å². The van der Waals surface area contributed by atoms with E-state index in [-0.39, 0.29) is 11.9 Å². The highest BCUT2D eigenvalue weighted by Gasteiger charge is 2.19. The molecule has 0 bridgehead atoms. The summed E-state index contributed by atoms with van der Waals surface area (Å²) in [5, 5.41) is 14.6. The second-order valence-electron chi connectivity index (χ2n) is 4.77. The van der Waals surface area contributed by atoms with E-state index in [0.29, 0.717) is 6.42 Å². The van der Waals surface area contributed by atoms with Crippen LogP contribution in [0.1, 0.15) is 37.3 Å². The summed E-state index contributed by atoms with van der Waals surface area (Å²) in [5.74, 6) is -0.291. The van der Waals surface area contributed by atoms with Gasteiger partial charge in [0.15, 0.2) is 0 Å². The molecule has 1 unspecified atom stereocenters. The molecule has 0 radical (unpaired) electrons. The van der Waals surface area contributed by atoms with Gasteiger partial charge in [-0.3, -0.25) is 4.68 Å². The number of aliphatic hydroxyl groups is 1. The van der Waals surface area contributed by atoms with Gasteiger partial charge in [-0.1, -0.05) is 12.1 Å². The molecule has 0 saturated heterocycles. The minimum absolute atomic E-state index is 0.156. The van der Waals surface area contributed by atoms with Gasteiger partial charge in [0.05, 0.1) is 16.4 Å². The normalized spacial score (nSPS) is 12.9. The molecule has 2 rings (SSSR count). The van der Waals surface area contributed by atoms with Crippen LogP contribution in [-0.4, -0.2) is 14.9 Å². The Hall–Kier alpha value is -1.20. The molecule has 5 heteroatoms. The summed E-state index contributed by atoms with van der Waals surface area (Å²) < 4.78 is 15.7. The number of halogens is 2. The molecule has 3 nitrogen and oxygen atoms in total. The van der Waals surface area contributed by atoms with Gasteiger partial charge in [-0.2, -0.15) is 5.10 Å². The molecular formula is C14H16BrFN2O. The van der Waals surface area contributed by atoms with Crippen LogP contribution in [0.15, 0.2) is 34.9 Å². The van der Waals surface area contributed by atoms with E-state index in [1.165, 1.54) is 12.1 Å². The number of aromatic nitrogens is 2. The minimum atomic E-state index is -0.721. The van der Waals surface area contributed by atoms with Gasteiger partial charge in [-0.25, -0.2) is 4.39 Å². The van der Waals surface area contributed by atoms with Crippen molar-refractivity contribution in [2.45, 2.75) is 32.4 Å². The van der Waals surface area contributed by atoms with Gasteiger partial charge < -0.3 is 5.11 Å². The second kappa shape index (κ2) is 5.84. The van der Waals surface area contributed by atoms with Crippen molar-refractivity contribution in [2.24, 2.45) is 0 Å². The first kappa shape index (κ1) is 14.2. The summed E-state index contributed by atoms with van der Waals surface area (Å²) in [5.41, 5.74) is 1.48. The molecule has 0 aliphatic carbocycles. The fourth-order valence-corrected chi connectivity index (χ4v) is 2.60. The van der Waals surface area contributed by atoms with E-state index < -0.39 is 6.10 Å². The van der Waals surface area contributed by atoms with Crippen LogP contribution in [0.3, 0.4) is 0 Å². The largest absolute Gasteiger partial charge is 0.386 e. The first-order chi connectivity index (χ1) is 8.99. The van der Waals surface area contributed by atoms with E-state index >= 15 is 0 Å². The van der Waals surface area contributed by atoms with E-state index in [4.69, 9.17) is 0 Å². The smallest absolute Gasteiger partial charge is 0.123 e. The van der Waals surface area contributed by atoms with Crippen molar-refractivity contribution in [2.75, 3.05) is 0 Å². The molecular weight excluding hydrogens is 311 g/mol. The van der Waals surface area contributed by atoms with E-state index in [9.17, 15) is 9.50 Å². The van der Waals surface area contributed by atoms with Crippen LogP contribution in [0.25, 0.3) is 0 Å². The Bertz CT molecular complexity index is 568. The van der Waals surface area contributed by atoms with Crippen molar-refractivity contribution in [3.8, 4) is 0 Å². The number of hydrogen-bond donors (Lipinski definition) is 1. The Balaban J connectivity index is 2.25. The third-order valence-corrected chi connectivity index (χ3v) is 3.52. The topological polar surface area (TPSA) is 38.0 Å². The van der Waals surface area contributed by atoms with Crippen molar-refractivity contribution in [1.82, 2.24) is 9.78 Å². The molecule has 0 saturated carbocycles. The Kier molecular flexibility index (Phi) is 4.37. The minimum Gasteiger partial charge on any atom is -0.386 e. The lowest BCUT2D eigenvalue weighted by Gasteiger charge is -2.16. The third-order valence-electron chi connectivity index (χ3n) is 2.91. The van der Waals surface area contributed by atoms with E-state index in [1.54, 1.807) is 23.0 Å². The Morgan fingerprint density at radius 2 is 2.16 bits per heavy atom. The Labute approximate surface area is 120 Å². The average Bonchev–Trinajstić information content (AvgIpc) is 2.71.